The number of thiophene rings is 1. The molecule has 1 fully saturated rings. The van der Waals surface area contributed by atoms with E-state index in [1.54, 1.807) is 11.3 Å². The summed E-state index contributed by atoms with van der Waals surface area (Å²) in [6.45, 7) is 4.31. The molecule has 0 saturated heterocycles. The van der Waals surface area contributed by atoms with E-state index >= 15 is 0 Å². The highest BCUT2D eigenvalue weighted by molar-refractivity contribution is 7.13. The summed E-state index contributed by atoms with van der Waals surface area (Å²) >= 11 is 1.63. The van der Waals surface area contributed by atoms with Gasteiger partial charge in [0.2, 0.25) is 0 Å². The van der Waals surface area contributed by atoms with Crippen LogP contribution in [-0.4, -0.2) is 10.1 Å². The average Bonchev–Trinajstić information content (AvgIpc) is 3.08. The monoisotopic (exact) mass is 291 g/mol. The molecule has 3 rings (SSSR count). The molecule has 2 heterocycles. The highest BCUT2D eigenvalue weighted by Gasteiger charge is 2.37. The minimum atomic E-state index is -0.404. The lowest BCUT2D eigenvalue weighted by molar-refractivity contribution is 0.216. The van der Waals surface area contributed by atoms with Gasteiger partial charge in [-0.2, -0.15) is 4.98 Å². The maximum Gasteiger partial charge on any atom is 0.268 e. The van der Waals surface area contributed by atoms with Crippen molar-refractivity contribution in [2.75, 3.05) is 0 Å². The first-order valence-electron chi connectivity index (χ1n) is 7.30. The average molecular weight is 291 g/mol. The third-order valence-corrected chi connectivity index (χ3v) is 5.51. The summed E-state index contributed by atoms with van der Waals surface area (Å²) in [6, 6.07) is 2.06. The van der Waals surface area contributed by atoms with E-state index in [9.17, 15) is 0 Å². The van der Waals surface area contributed by atoms with Crippen molar-refractivity contribution < 1.29 is 4.52 Å². The lowest BCUT2D eigenvalue weighted by Crippen LogP contribution is -2.41. The molecule has 1 aliphatic carbocycles. The molecular formula is C15H21N3OS. The Bertz CT molecular complexity index is 581. The Morgan fingerprint density at radius 1 is 1.45 bits per heavy atom. The molecule has 0 spiro atoms. The highest BCUT2D eigenvalue weighted by atomic mass is 32.1. The number of hydrogen-bond donors (Lipinski definition) is 1. The van der Waals surface area contributed by atoms with E-state index in [4.69, 9.17) is 10.3 Å². The number of nitrogens with zero attached hydrogens (tertiary/aromatic N) is 2. The number of hydrogen-bond acceptors (Lipinski definition) is 5. The molecule has 0 atom stereocenters. The van der Waals surface area contributed by atoms with Crippen LogP contribution < -0.4 is 5.73 Å². The zero-order valence-electron chi connectivity index (χ0n) is 12.1. The van der Waals surface area contributed by atoms with E-state index < -0.39 is 5.54 Å². The van der Waals surface area contributed by atoms with E-state index in [1.165, 1.54) is 12.0 Å². The van der Waals surface area contributed by atoms with Crippen LogP contribution in [0.5, 0.6) is 0 Å². The van der Waals surface area contributed by atoms with Gasteiger partial charge in [-0.1, -0.05) is 18.5 Å². The van der Waals surface area contributed by atoms with Crippen molar-refractivity contribution in [3.63, 3.8) is 0 Å². The van der Waals surface area contributed by atoms with Crippen LogP contribution in [0.1, 0.15) is 50.4 Å². The summed E-state index contributed by atoms with van der Waals surface area (Å²) in [4.78, 5) is 5.62. The van der Waals surface area contributed by atoms with Gasteiger partial charge in [-0.05, 0) is 55.5 Å². The van der Waals surface area contributed by atoms with E-state index in [0.717, 1.165) is 36.5 Å². The quantitative estimate of drug-likeness (QED) is 0.932. The topological polar surface area (TPSA) is 64.9 Å². The van der Waals surface area contributed by atoms with Gasteiger partial charge in [0, 0.05) is 0 Å². The van der Waals surface area contributed by atoms with Crippen molar-refractivity contribution in [1.82, 2.24) is 10.1 Å². The van der Waals surface area contributed by atoms with Gasteiger partial charge in [0.05, 0.1) is 10.4 Å². The van der Waals surface area contributed by atoms with Crippen molar-refractivity contribution in [3.05, 3.63) is 22.8 Å². The minimum Gasteiger partial charge on any atom is -0.333 e. The molecule has 0 amide bonds. The minimum absolute atomic E-state index is 0.404. The molecule has 2 aromatic heterocycles. The van der Waals surface area contributed by atoms with Gasteiger partial charge in [-0.15, -0.1) is 11.3 Å². The molecule has 0 aliphatic heterocycles. The first kappa shape index (κ1) is 13.8. The molecule has 0 aromatic carbocycles. The largest absolute Gasteiger partial charge is 0.333 e. The van der Waals surface area contributed by atoms with E-state index in [2.05, 4.69) is 30.1 Å². The predicted octanol–water partition coefficient (Wildman–Crippen LogP) is 3.86. The zero-order chi connectivity index (χ0) is 14.2. The van der Waals surface area contributed by atoms with Crippen molar-refractivity contribution in [2.24, 2.45) is 11.7 Å². The maximum absolute atomic E-state index is 6.52. The van der Waals surface area contributed by atoms with Crippen LogP contribution in [0.25, 0.3) is 10.8 Å². The van der Waals surface area contributed by atoms with E-state index in [-0.39, 0.29) is 0 Å². The molecule has 0 radical (unpaired) electrons. The molecule has 20 heavy (non-hydrogen) atoms. The highest BCUT2D eigenvalue weighted by Crippen LogP contribution is 2.38. The van der Waals surface area contributed by atoms with Gasteiger partial charge in [0.25, 0.3) is 5.89 Å². The first-order chi connectivity index (χ1) is 9.62. The first-order valence-corrected chi connectivity index (χ1v) is 8.18. The van der Waals surface area contributed by atoms with Crippen LogP contribution in [0, 0.1) is 12.8 Å². The van der Waals surface area contributed by atoms with Crippen LogP contribution in [0.4, 0.5) is 0 Å². The second kappa shape index (κ2) is 5.30. The van der Waals surface area contributed by atoms with Crippen LogP contribution in [0.15, 0.2) is 16.0 Å². The molecule has 4 nitrogen and oxygen atoms in total. The summed E-state index contributed by atoms with van der Waals surface area (Å²) in [7, 11) is 0. The number of aromatic nitrogens is 2. The van der Waals surface area contributed by atoms with Crippen LogP contribution >= 0.6 is 11.3 Å². The van der Waals surface area contributed by atoms with E-state index in [1.807, 2.05) is 5.38 Å². The second-order valence-corrected chi connectivity index (χ2v) is 6.78. The Balaban J connectivity index is 1.82. The SMILES string of the molecule is CCC1CCC(N)(c2noc(-c3sccc3C)n2)CC1. The van der Waals surface area contributed by atoms with Gasteiger partial charge < -0.3 is 10.3 Å². The van der Waals surface area contributed by atoms with Gasteiger partial charge in [-0.25, -0.2) is 0 Å². The van der Waals surface area contributed by atoms with Crippen molar-refractivity contribution in [3.8, 4) is 10.8 Å². The predicted molar refractivity (Wildman–Crippen MR) is 80.5 cm³/mol. The maximum atomic E-state index is 6.52. The standard InChI is InChI=1S/C15H21N3OS/c1-3-11-4-7-15(16,8-5-11)14-17-13(19-18-14)12-10(2)6-9-20-12/h6,9,11H,3-5,7-8,16H2,1-2H3. The Kier molecular flexibility index (Phi) is 3.65. The fourth-order valence-electron chi connectivity index (χ4n) is 2.93. The molecule has 0 unspecified atom stereocenters. The molecule has 2 aromatic rings. The van der Waals surface area contributed by atoms with Crippen molar-refractivity contribution in [1.29, 1.82) is 0 Å². The molecular weight excluding hydrogens is 270 g/mol. The van der Waals surface area contributed by atoms with Crippen LogP contribution in [0.2, 0.25) is 0 Å². The van der Waals surface area contributed by atoms with Crippen molar-refractivity contribution >= 4 is 11.3 Å². The number of rotatable bonds is 3. The third kappa shape index (κ3) is 2.40. The second-order valence-electron chi connectivity index (χ2n) is 5.86. The number of nitrogens with two attached hydrogens (primary N) is 1. The summed E-state index contributed by atoms with van der Waals surface area (Å²) in [6.07, 6.45) is 5.47. The molecule has 2 N–H and O–H groups in total. The third-order valence-electron chi connectivity index (χ3n) is 4.50. The fourth-order valence-corrected chi connectivity index (χ4v) is 3.78. The fraction of sp³-hybridized carbons (Fsp3) is 0.600. The lowest BCUT2D eigenvalue weighted by Gasteiger charge is -2.34. The Labute approximate surface area is 123 Å². The van der Waals surface area contributed by atoms with Gasteiger partial charge >= 0.3 is 0 Å². The summed E-state index contributed by atoms with van der Waals surface area (Å²) in [5.41, 5.74) is 7.29. The van der Waals surface area contributed by atoms with Crippen molar-refractivity contribution in [2.45, 2.75) is 51.5 Å². The Hall–Kier alpha value is -1.20. The Morgan fingerprint density at radius 3 is 2.80 bits per heavy atom. The summed E-state index contributed by atoms with van der Waals surface area (Å²) < 4.78 is 5.43. The van der Waals surface area contributed by atoms with Gasteiger partial charge in [-0.3, -0.25) is 0 Å². The lowest BCUT2D eigenvalue weighted by atomic mass is 9.76. The molecule has 108 valence electrons. The molecule has 0 bridgehead atoms. The van der Waals surface area contributed by atoms with Gasteiger partial charge in [0.1, 0.15) is 0 Å². The smallest absolute Gasteiger partial charge is 0.268 e. The normalized spacial score (nSPS) is 26.9. The summed E-state index contributed by atoms with van der Waals surface area (Å²) in [5.74, 6) is 2.09. The number of aryl methyl sites for hydroxylation is 1. The zero-order valence-corrected chi connectivity index (χ0v) is 12.9. The molecule has 1 aliphatic rings. The Morgan fingerprint density at radius 2 is 2.20 bits per heavy atom. The van der Waals surface area contributed by atoms with E-state index in [0.29, 0.717) is 11.7 Å². The van der Waals surface area contributed by atoms with Crippen LogP contribution in [0.3, 0.4) is 0 Å². The van der Waals surface area contributed by atoms with Gasteiger partial charge in [0.15, 0.2) is 5.82 Å². The summed E-state index contributed by atoms with van der Waals surface area (Å²) in [5, 5.41) is 6.20. The van der Waals surface area contributed by atoms with Crippen LogP contribution in [-0.2, 0) is 5.54 Å². The molecule has 1 saturated carbocycles. The molecule has 5 heteroatoms.